The molecule has 4 unspecified atom stereocenters. The van der Waals surface area contributed by atoms with Gasteiger partial charge in [-0.25, -0.2) is 0 Å². The highest BCUT2D eigenvalue weighted by Crippen LogP contribution is 2.28. The monoisotopic (exact) mass is 282 g/mol. The molecule has 4 atom stereocenters. The fourth-order valence-corrected chi connectivity index (χ4v) is 3.57. The average molecular weight is 282 g/mol. The lowest BCUT2D eigenvalue weighted by atomic mass is 9.80. The van der Waals surface area contributed by atoms with Crippen LogP contribution in [-0.4, -0.2) is 18.5 Å². The van der Waals surface area contributed by atoms with Gasteiger partial charge in [0, 0.05) is 12.5 Å². The van der Waals surface area contributed by atoms with Crippen LogP contribution in [0.2, 0.25) is 0 Å². The molecule has 0 aliphatic heterocycles. The molecule has 0 heterocycles. The van der Waals surface area contributed by atoms with Crippen molar-refractivity contribution >= 4 is 5.91 Å². The summed E-state index contributed by atoms with van der Waals surface area (Å²) in [5, 5.41) is 3.26. The van der Waals surface area contributed by atoms with Gasteiger partial charge in [-0.1, -0.05) is 33.6 Å². The standard InChI is InChI=1S/C17H34N2O/c1-4-5-15(10-11-18)7-9-17(20)19-16-8-6-13(2)12-14(16)3/h13-16H,4-12,18H2,1-3H3,(H,19,20). The summed E-state index contributed by atoms with van der Waals surface area (Å²) < 4.78 is 0. The number of nitrogens with two attached hydrogens (primary N) is 1. The molecule has 1 fully saturated rings. The third kappa shape index (κ3) is 6.25. The molecule has 3 nitrogen and oxygen atoms in total. The maximum atomic E-state index is 12.1. The summed E-state index contributed by atoms with van der Waals surface area (Å²) in [6, 6.07) is 0.401. The van der Waals surface area contributed by atoms with E-state index in [0.717, 1.165) is 31.7 Å². The van der Waals surface area contributed by atoms with Gasteiger partial charge in [0.15, 0.2) is 0 Å². The Hall–Kier alpha value is -0.570. The van der Waals surface area contributed by atoms with Crippen LogP contribution in [0.4, 0.5) is 0 Å². The highest BCUT2D eigenvalue weighted by molar-refractivity contribution is 5.76. The van der Waals surface area contributed by atoms with E-state index in [1.165, 1.54) is 25.7 Å². The Morgan fingerprint density at radius 3 is 2.60 bits per heavy atom. The van der Waals surface area contributed by atoms with Crippen LogP contribution < -0.4 is 11.1 Å². The number of amides is 1. The van der Waals surface area contributed by atoms with Crippen molar-refractivity contribution in [3.8, 4) is 0 Å². The summed E-state index contributed by atoms with van der Waals surface area (Å²) in [7, 11) is 0. The highest BCUT2D eigenvalue weighted by Gasteiger charge is 2.26. The molecule has 0 saturated heterocycles. The zero-order valence-electron chi connectivity index (χ0n) is 13.7. The Kier molecular flexibility index (Phi) is 8.20. The SMILES string of the molecule is CCCC(CCN)CCC(=O)NC1CCC(C)CC1C. The van der Waals surface area contributed by atoms with E-state index in [2.05, 4.69) is 26.1 Å². The summed E-state index contributed by atoms with van der Waals surface area (Å²) in [5.41, 5.74) is 5.65. The molecule has 3 N–H and O–H groups in total. The van der Waals surface area contributed by atoms with Gasteiger partial charge in [-0.3, -0.25) is 4.79 Å². The zero-order chi connectivity index (χ0) is 15.0. The van der Waals surface area contributed by atoms with Gasteiger partial charge in [0.25, 0.3) is 0 Å². The molecule has 3 heteroatoms. The van der Waals surface area contributed by atoms with Crippen LogP contribution in [-0.2, 0) is 4.79 Å². The van der Waals surface area contributed by atoms with E-state index in [1.807, 2.05) is 0 Å². The van der Waals surface area contributed by atoms with Crippen molar-refractivity contribution in [1.29, 1.82) is 0 Å². The molecule has 1 saturated carbocycles. The number of carbonyl (C=O) groups is 1. The van der Waals surface area contributed by atoms with Gasteiger partial charge in [0.05, 0.1) is 0 Å². The molecule has 20 heavy (non-hydrogen) atoms. The van der Waals surface area contributed by atoms with Crippen LogP contribution in [0.1, 0.15) is 72.1 Å². The minimum atomic E-state index is 0.245. The molecule has 0 bridgehead atoms. The molecule has 0 aromatic carbocycles. The average Bonchev–Trinajstić information content (AvgIpc) is 2.40. The van der Waals surface area contributed by atoms with Crippen molar-refractivity contribution in [3.63, 3.8) is 0 Å². The van der Waals surface area contributed by atoms with Crippen molar-refractivity contribution in [2.45, 2.75) is 78.2 Å². The maximum Gasteiger partial charge on any atom is 0.220 e. The normalized spacial score (nSPS) is 28.1. The number of carbonyl (C=O) groups excluding carboxylic acids is 1. The van der Waals surface area contributed by atoms with Crippen molar-refractivity contribution in [3.05, 3.63) is 0 Å². The Balaban J connectivity index is 2.28. The third-order valence-corrected chi connectivity index (χ3v) is 4.83. The molecule has 1 amide bonds. The van der Waals surface area contributed by atoms with Crippen molar-refractivity contribution < 1.29 is 4.79 Å². The number of rotatable bonds is 8. The van der Waals surface area contributed by atoms with Crippen LogP contribution in [0.3, 0.4) is 0 Å². The predicted molar refractivity (Wildman–Crippen MR) is 85.4 cm³/mol. The highest BCUT2D eigenvalue weighted by atomic mass is 16.1. The summed E-state index contributed by atoms with van der Waals surface area (Å²) in [6.07, 6.45) is 8.74. The van der Waals surface area contributed by atoms with Crippen LogP contribution in [0.25, 0.3) is 0 Å². The zero-order valence-corrected chi connectivity index (χ0v) is 13.7. The summed E-state index contributed by atoms with van der Waals surface area (Å²) in [4.78, 5) is 12.1. The minimum Gasteiger partial charge on any atom is -0.353 e. The van der Waals surface area contributed by atoms with Gasteiger partial charge in [-0.15, -0.1) is 0 Å². The van der Waals surface area contributed by atoms with Crippen LogP contribution in [0.5, 0.6) is 0 Å². The first-order valence-electron chi connectivity index (χ1n) is 8.56. The fourth-order valence-electron chi connectivity index (χ4n) is 3.57. The Morgan fingerprint density at radius 2 is 2.00 bits per heavy atom. The van der Waals surface area contributed by atoms with Gasteiger partial charge in [-0.2, -0.15) is 0 Å². The van der Waals surface area contributed by atoms with E-state index in [-0.39, 0.29) is 5.91 Å². The smallest absolute Gasteiger partial charge is 0.220 e. The maximum absolute atomic E-state index is 12.1. The fraction of sp³-hybridized carbons (Fsp3) is 0.941. The molecule has 0 aromatic rings. The largest absolute Gasteiger partial charge is 0.353 e. The first-order valence-corrected chi connectivity index (χ1v) is 8.56. The first-order chi connectivity index (χ1) is 9.56. The van der Waals surface area contributed by atoms with Gasteiger partial charge in [0.1, 0.15) is 0 Å². The molecule has 1 aliphatic rings. The summed E-state index contributed by atoms with van der Waals surface area (Å²) >= 11 is 0. The van der Waals surface area contributed by atoms with Crippen molar-refractivity contribution in [1.82, 2.24) is 5.32 Å². The molecular weight excluding hydrogens is 248 g/mol. The number of hydrogen-bond donors (Lipinski definition) is 2. The second-order valence-corrected chi connectivity index (χ2v) is 6.84. The predicted octanol–water partition coefficient (Wildman–Crippen LogP) is 3.47. The molecule has 118 valence electrons. The molecule has 0 aromatic heterocycles. The molecule has 0 radical (unpaired) electrons. The lowest BCUT2D eigenvalue weighted by Crippen LogP contribution is -2.42. The quantitative estimate of drug-likeness (QED) is 0.716. The van der Waals surface area contributed by atoms with Crippen LogP contribution in [0.15, 0.2) is 0 Å². The summed E-state index contributed by atoms with van der Waals surface area (Å²) in [6.45, 7) is 7.53. The Morgan fingerprint density at radius 1 is 1.25 bits per heavy atom. The molecule has 1 aliphatic carbocycles. The topological polar surface area (TPSA) is 55.1 Å². The molecule has 1 rings (SSSR count). The van der Waals surface area contributed by atoms with E-state index < -0.39 is 0 Å². The minimum absolute atomic E-state index is 0.245. The van der Waals surface area contributed by atoms with Crippen LogP contribution >= 0.6 is 0 Å². The van der Waals surface area contributed by atoms with E-state index in [1.54, 1.807) is 0 Å². The molecule has 0 spiro atoms. The Labute approximate surface area is 125 Å². The van der Waals surface area contributed by atoms with Gasteiger partial charge in [-0.05, 0) is 56.4 Å². The van der Waals surface area contributed by atoms with Gasteiger partial charge >= 0.3 is 0 Å². The van der Waals surface area contributed by atoms with E-state index in [9.17, 15) is 4.79 Å². The number of hydrogen-bond acceptors (Lipinski definition) is 2. The molecular formula is C17H34N2O. The number of nitrogens with one attached hydrogen (secondary N) is 1. The van der Waals surface area contributed by atoms with Crippen molar-refractivity contribution in [2.75, 3.05) is 6.54 Å². The van der Waals surface area contributed by atoms with Gasteiger partial charge < -0.3 is 11.1 Å². The Bertz CT molecular complexity index is 274. The lowest BCUT2D eigenvalue weighted by molar-refractivity contribution is -0.122. The second kappa shape index (κ2) is 9.38. The van der Waals surface area contributed by atoms with E-state index in [0.29, 0.717) is 24.3 Å². The van der Waals surface area contributed by atoms with E-state index >= 15 is 0 Å². The lowest BCUT2D eigenvalue weighted by Gasteiger charge is -2.33. The summed E-state index contributed by atoms with van der Waals surface area (Å²) in [5.74, 6) is 2.31. The van der Waals surface area contributed by atoms with Crippen molar-refractivity contribution in [2.24, 2.45) is 23.5 Å². The van der Waals surface area contributed by atoms with Gasteiger partial charge in [0.2, 0.25) is 5.91 Å². The third-order valence-electron chi connectivity index (χ3n) is 4.83. The second-order valence-electron chi connectivity index (χ2n) is 6.84. The van der Waals surface area contributed by atoms with E-state index in [4.69, 9.17) is 5.73 Å². The first kappa shape index (κ1) is 17.5. The van der Waals surface area contributed by atoms with Crippen LogP contribution in [0, 0.1) is 17.8 Å².